The summed E-state index contributed by atoms with van der Waals surface area (Å²) in [4.78, 5) is 0. The minimum atomic E-state index is -0.0272. The van der Waals surface area contributed by atoms with Crippen LogP contribution < -0.4 is 0 Å². The molecule has 3 heteroatoms. The van der Waals surface area contributed by atoms with Crippen LogP contribution in [-0.4, -0.2) is 45.0 Å². The summed E-state index contributed by atoms with van der Waals surface area (Å²) < 4.78 is 7.47. The molecule has 0 radical (unpaired) electrons. The van der Waals surface area contributed by atoms with E-state index in [0.29, 0.717) is 45.0 Å². The molecule has 0 aliphatic heterocycles. The molecule has 19 heavy (non-hydrogen) atoms. The van der Waals surface area contributed by atoms with E-state index in [-0.39, 0.29) is 22.0 Å². The number of hydrogen-bond donors (Lipinski definition) is 0. The summed E-state index contributed by atoms with van der Waals surface area (Å²) >= 11 is 1.30. The van der Waals surface area contributed by atoms with Gasteiger partial charge in [-0.1, -0.05) is 0 Å². The monoisotopic (exact) mass is 508 g/mol. The van der Waals surface area contributed by atoms with E-state index < -0.39 is 0 Å². The molecule has 0 amide bonds. The first-order chi connectivity index (χ1) is 8.77. The van der Waals surface area contributed by atoms with Crippen molar-refractivity contribution in [3.05, 3.63) is 37.2 Å². The average Bonchev–Trinajstić information content (AvgIpc) is 2.68. The van der Waals surface area contributed by atoms with Crippen molar-refractivity contribution in [1.82, 2.24) is 0 Å². The molecular weight excluding hydrogens is 477 g/mol. The second-order valence-corrected chi connectivity index (χ2v) is 14.0. The third kappa shape index (κ3) is 2.81. The molecule has 0 heterocycles. The maximum absolute atomic E-state index is 2.45. The first kappa shape index (κ1) is 16.6. The standard InChI is InChI=1S/2C8H10.2Sn.Ti.8H/c2*1-6-4-5-7(2)8(6)3;;;;;;;;;;;/h2*6H,1-3H3;;;;;;;;;;;/q;;;;;;;;;;;2*-1. The fourth-order valence-corrected chi connectivity index (χ4v) is 13.9. The maximum Gasteiger partial charge on any atom is -1.00 e. The van der Waals surface area contributed by atoms with Crippen LogP contribution in [-0.2, 0) is 19.2 Å². The molecule has 0 saturated carbocycles. The van der Waals surface area contributed by atoms with Crippen LogP contribution in [0.4, 0.5) is 0 Å². The molecule has 2 aliphatic rings. The van der Waals surface area contributed by atoms with E-state index in [9.17, 15) is 0 Å². The zero-order valence-corrected chi connectivity index (χ0v) is 26.6. The third-order valence-corrected chi connectivity index (χ3v) is 20.7. The van der Waals surface area contributed by atoms with Gasteiger partial charge in [-0.15, -0.1) is 0 Å². The minimum absolute atomic E-state index is 0. The van der Waals surface area contributed by atoms with Crippen molar-refractivity contribution in [3.63, 3.8) is 0 Å². The van der Waals surface area contributed by atoms with Crippen LogP contribution in [0.2, 0.25) is 0 Å². The summed E-state index contributed by atoms with van der Waals surface area (Å²) in [7, 11) is 0. The van der Waals surface area contributed by atoms with Gasteiger partial charge in [-0.05, 0) is 0 Å². The first-order valence-corrected chi connectivity index (χ1v) is 14.6. The number of rotatable bonds is 2. The summed E-state index contributed by atoms with van der Waals surface area (Å²) in [6, 6.07) is 0. The van der Waals surface area contributed by atoms with E-state index >= 15 is 0 Å². The number of hydrogen-bond acceptors (Lipinski definition) is 0. The molecule has 2 atom stereocenters. The van der Waals surface area contributed by atoms with Crippen molar-refractivity contribution in [2.24, 2.45) is 11.8 Å². The predicted octanol–water partition coefficient (Wildman–Crippen LogP) is 2.42. The van der Waals surface area contributed by atoms with Gasteiger partial charge in [-0.25, -0.2) is 0 Å². The second-order valence-electron chi connectivity index (χ2n) is 6.26. The van der Waals surface area contributed by atoms with Crippen molar-refractivity contribution in [2.45, 2.75) is 41.5 Å². The van der Waals surface area contributed by atoms with E-state index in [1.807, 2.05) is 14.9 Å². The summed E-state index contributed by atoms with van der Waals surface area (Å²) in [6.07, 6.45) is 0. The molecule has 0 aromatic rings. The summed E-state index contributed by atoms with van der Waals surface area (Å²) in [6.45, 7) is 14.4. The minimum Gasteiger partial charge on any atom is -1.00 e. The Bertz CT molecular complexity index is 521. The van der Waals surface area contributed by atoms with Gasteiger partial charge in [-0.3, -0.25) is 0 Å². The van der Waals surface area contributed by atoms with E-state index in [4.69, 9.17) is 0 Å². The fourth-order valence-electron chi connectivity index (χ4n) is 3.28. The molecule has 0 bridgehead atoms. The predicted molar refractivity (Wildman–Crippen MR) is 91.2 cm³/mol. The van der Waals surface area contributed by atoms with E-state index in [2.05, 4.69) is 41.5 Å². The Morgan fingerprint density at radius 3 is 1.32 bits per heavy atom. The summed E-state index contributed by atoms with van der Waals surface area (Å²) in [5.74, 6) is 1.53. The quantitative estimate of drug-likeness (QED) is 0.506. The van der Waals surface area contributed by atoms with Crippen LogP contribution in [0.1, 0.15) is 44.4 Å². The Hall–Kier alpha value is 1.27. The molecule has 0 nitrogen and oxygen atoms in total. The Morgan fingerprint density at radius 1 is 0.789 bits per heavy atom. The Morgan fingerprint density at radius 2 is 1.11 bits per heavy atom. The Labute approximate surface area is 156 Å². The van der Waals surface area contributed by atoms with Gasteiger partial charge < -0.3 is 2.85 Å². The SMILES string of the molecule is CC1=C(C)C(C)[C]([Ti][C]2=[C]([SnH3])C(C)=C(C)C2C)=[C]1[SnH3].[H-].[H-]. The molecule has 0 spiro atoms. The van der Waals surface area contributed by atoms with Crippen LogP contribution in [0.3, 0.4) is 0 Å². The van der Waals surface area contributed by atoms with Gasteiger partial charge in [0.1, 0.15) is 0 Å². The van der Waals surface area contributed by atoms with Gasteiger partial charge >= 0.3 is 155 Å². The maximum atomic E-state index is 2.45. The van der Waals surface area contributed by atoms with Crippen LogP contribution in [0.5, 0.6) is 0 Å². The molecule has 0 aromatic heterocycles. The molecule has 2 rings (SSSR count). The van der Waals surface area contributed by atoms with Crippen molar-refractivity contribution in [1.29, 1.82) is 0 Å². The second kappa shape index (κ2) is 6.18. The zero-order chi connectivity index (χ0) is 14.5. The Kier molecular flexibility index (Phi) is 5.41. The molecule has 2 aliphatic carbocycles. The van der Waals surface area contributed by atoms with E-state index in [0.717, 1.165) is 11.8 Å². The van der Waals surface area contributed by atoms with Gasteiger partial charge in [0.05, 0.1) is 0 Å². The third-order valence-electron chi connectivity index (χ3n) is 5.55. The molecular formula is C16H28Sn2Ti-2. The van der Waals surface area contributed by atoms with Crippen molar-refractivity contribution >= 4 is 45.0 Å². The van der Waals surface area contributed by atoms with Gasteiger partial charge in [-0.2, -0.15) is 0 Å². The fraction of sp³-hybridized carbons (Fsp3) is 0.500. The van der Waals surface area contributed by atoms with Gasteiger partial charge in [0.15, 0.2) is 0 Å². The average molecular weight is 506 g/mol. The smallest absolute Gasteiger partial charge is 1.00 e. The normalized spacial score (nSPS) is 28.5. The number of allylic oxidation sites excluding steroid dienone is 8. The molecule has 0 aromatic carbocycles. The summed E-state index contributed by atoms with van der Waals surface area (Å²) in [5, 5.41) is 0. The molecule has 0 saturated heterocycles. The zero-order valence-electron chi connectivity index (χ0n) is 15.7. The van der Waals surface area contributed by atoms with E-state index in [1.165, 1.54) is 0 Å². The van der Waals surface area contributed by atoms with Crippen molar-refractivity contribution < 1.29 is 22.0 Å². The first-order valence-electron chi connectivity index (χ1n) is 7.31. The largest absolute Gasteiger partial charge is 1.00 e. The topological polar surface area (TPSA) is 0 Å². The molecule has 0 fully saturated rings. The molecule has 0 N–H and O–H groups in total. The van der Waals surface area contributed by atoms with Crippen molar-refractivity contribution in [3.8, 4) is 0 Å². The van der Waals surface area contributed by atoms with E-state index in [1.54, 1.807) is 22.3 Å². The van der Waals surface area contributed by atoms with Crippen LogP contribution in [0.15, 0.2) is 37.2 Å². The van der Waals surface area contributed by atoms with Crippen LogP contribution in [0, 0.1) is 11.8 Å². The van der Waals surface area contributed by atoms with Crippen LogP contribution in [0.25, 0.3) is 0 Å². The van der Waals surface area contributed by atoms with Gasteiger partial charge in [0.2, 0.25) is 0 Å². The van der Waals surface area contributed by atoms with Gasteiger partial charge in [0, 0.05) is 0 Å². The van der Waals surface area contributed by atoms with Crippen LogP contribution >= 0.6 is 0 Å². The summed E-state index contributed by atoms with van der Waals surface area (Å²) in [5.41, 5.74) is 6.66. The van der Waals surface area contributed by atoms with Crippen molar-refractivity contribution in [2.75, 3.05) is 0 Å². The molecule has 2 unspecified atom stereocenters. The van der Waals surface area contributed by atoms with Gasteiger partial charge in [0.25, 0.3) is 0 Å². The Balaban J connectivity index is 0.00000200. The molecule has 106 valence electrons.